The number of anilines is 4. The molecule has 2 aromatic carbocycles. The van der Waals surface area contributed by atoms with E-state index in [2.05, 4.69) is 52.3 Å². The Labute approximate surface area is 412 Å². The zero-order valence-corrected chi connectivity index (χ0v) is 40.0. The van der Waals surface area contributed by atoms with E-state index in [4.69, 9.17) is 15.0 Å². The SMILES string of the molecule is CN1CCC(N2CCN(C(=O)c3cc4cc(Nc5nc(-c6ccccn6)cc[n+]5-c5ccc(-c6ccnc(Nc7ccc8[nH]c(C(=O)N9CCN(CC%10CC%10)CC9)cc8c7)n6)nc5)ccc4[nH]3)CC2)CC1. The summed E-state index contributed by atoms with van der Waals surface area (Å²) in [6.45, 7) is 10.1. The minimum absolute atomic E-state index is 0.0352. The maximum absolute atomic E-state index is 13.8. The lowest BCUT2D eigenvalue weighted by atomic mass is 10.0. The molecule has 2 amide bonds. The lowest BCUT2D eigenvalue weighted by molar-refractivity contribution is -0.583. The molecule has 360 valence electrons. The van der Waals surface area contributed by atoms with Gasteiger partial charge in [-0.3, -0.25) is 29.4 Å². The smallest absolute Gasteiger partial charge is 0.351 e. The number of piperazine rings is 2. The number of hydrogen-bond acceptors (Lipinski definition) is 12. The van der Waals surface area contributed by atoms with Crippen molar-refractivity contribution >= 4 is 56.9 Å². The summed E-state index contributed by atoms with van der Waals surface area (Å²) in [6.07, 6.45) is 12.3. The van der Waals surface area contributed by atoms with Gasteiger partial charge < -0.3 is 30.0 Å². The summed E-state index contributed by atoms with van der Waals surface area (Å²) < 4.78 is 1.95. The number of hydrogen-bond donors (Lipinski definition) is 4. The van der Waals surface area contributed by atoms with Crippen molar-refractivity contribution in [2.24, 2.45) is 5.92 Å². The number of benzene rings is 2. The molecule has 17 heteroatoms. The van der Waals surface area contributed by atoms with Gasteiger partial charge in [0.1, 0.15) is 22.8 Å². The minimum atomic E-state index is 0.0352. The number of piperidine rings is 1. The number of carbonyl (C=O) groups is 2. The van der Waals surface area contributed by atoms with Gasteiger partial charge in [0.2, 0.25) is 5.95 Å². The molecule has 3 aliphatic heterocycles. The number of fused-ring (bicyclic) bond motifs is 2. The van der Waals surface area contributed by atoms with Gasteiger partial charge in [-0.25, -0.2) is 19.9 Å². The number of pyridine rings is 2. The third-order valence-electron chi connectivity index (χ3n) is 14.6. The third kappa shape index (κ3) is 9.80. The molecule has 0 unspecified atom stereocenters. The topological polar surface area (TPSA) is 174 Å². The van der Waals surface area contributed by atoms with Crippen molar-refractivity contribution < 1.29 is 14.2 Å². The van der Waals surface area contributed by atoms with Gasteiger partial charge in [-0.1, -0.05) is 11.1 Å². The standard InChI is InChI=1S/C54H57N15O2/c1-64-19-14-41(15-20-64)66-26-28-68(29-27-66)52(71)50-33-38-31-40(8-11-44(38)61-50)59-54-63-48(45-4-2-3-17-55-45)16-21-69(54)42-9-12-46(57-34-42)47-13-18-56-53(62-47)58-39-7-10-43-37(30-39)32-49(60-43)51(70)67-24-22-65(23-25-67)35-36-5-6-36/h2-4,7-13,16-18,21,30-34,36,41H,5-6,14-15,19-20,22-29,35H2,1H3,(H3,55,56,57,58,59,60,61,62,63,70,71)/p+1. The van der Waals surface area contributed by atoms with Crippen LogP contribution in [0.1, 0.15) is 46.7 Å². The van der Waals surface area contributed by atoms with E-state index in [-0.39, 0.29) is 11.8 Å². The van der Waals surface area contributed by atoms with E-state index in [9.17, 15) is 9.59 Å². The first-order valence-corrected chi connectivity index (χ1v) is 25.0. The molecule has 0 bridgehead atoms. The van der Waals surface area contributed by atoms with Gasteiger partial charge in [0.15, 0.2) is 5.69 Å². The molecule has 0 radical (unpaired) electrons. The molecule has 0 spiro atoms. The molecular formula is C54H58N15O2+. The predicted octanol–water partition coefficient (Wildman–Crippen LogP) is 6.74. The van der Waals surface area contributed by atoms with Gasteiger partial charge in [-0.2, -0.15) is 0 Å². The van der Waals surface area contributed by atoms with Gasteiger partial charge in [0.05, 0.1) is 29.5 Å². The van der Waals surface area contributed by atoms with Crippen LogP contribution in [0.15, 0.2) is 116 Å². The highest BCUT2D eigenvalue weighted by Crippen LogP contribution is 2.31. The van der Waals surface area contributed by atoms with E-state index in [0.717, 1.165) is 122 Å². The second kappa shape index (κ2) is 19.3. The molecule has 1 aliphatic carbocycles. The Balaban J connectivity index is 0.734. The fourth-order valence-corrected chi connectivity index (χ4v) is 10.3. The number of carbonyl (C=O) groups excluding carboxylic acids is 2. The fraction of sp³-hybridized carbons (Fsp3) is 0.333. The van der Waals surface area contributed by atoms with E-state index in [1.807, 2.05) is 112 Å². The largest absolute Gasteiger partial charge is 0.402 e. The number of amides is 2. The van der Waals surface area contributed by atoms with Crippen LogP contribution in [0.5, 0.6) is 0 Å². The average molecular weight is 949 g/mol. The first-order valence-electron chi connectivity index (χ1n) is 25.0. The maximum Gasteiger partial charge on any atom is 0.402 e. The number of likely N-dealkylation sites (tertiary alicyclic amines) is 1. The van der Waals surface area contributed by atoms with Gasteiger partial charge >= 0.3 is 5.95 Å². The molecule has 0 atom stereocenters. The van der Waals surface area contributed by atoms with Crippen molar-refractivity contribution in [1.29, 1.82) is 0 Å². The molecule has 8 aromatic rings. The normalized spacial score (nSPS) is 17.5. The summed E-state index contributed by atoms with van der Waals surface area (Å²) in [6, 6.07) is 29.9. The summed E-state index contributed by atoms with van der Waals surface area (Å²) in [5.74, 6) is 1.92. The van der Waals surface area contributed by atoms with Crippen molar-refractivity contribution in [3.05, 3.63) is 127 Å². The van der Waals surface area contributed by atoms with Crippen LogP contribution in [0, 0.1) is 5.92 Å². The Morgan fingerprint density at radius 2 is 1.28 bits per heavy atom. The molecule has 4 aliphatic rings. The minimum Gasteiger partial charge on any atom is -0.351 e. The van der Waals surface area contributed by atoms with Crippen LogP contribution in [0.3, 0.4) is 0 Å². The number of nitrogens with zero attached hydrogens (tertiary/aromatic N) is 11. The maximum atomic E-state index is 13.8. The zero-order valence-electron chi connectivity index (χ0n) is 40.0. The van der Waals surface area contributed by atoms with Crippen LogP contribution in [-0.4, -0.2) is 156 Å². The lowest BCUT2D eigenvalue weighted by Gasteiger charge is -2.42. The van der Waals surface area contributed by atoms with Crippen LogP contribution < -0.4 is 15.2 Å². The quantitative estimate of drug-likeness (QED) is 0.0952. The van der Waals surface area contributed by atoms with E-state index in [1.54, 1.807) is 18.6 Å². The molecule has 12 rings (SSSR count). The first kappa shape index (κ1) is 44.6. The molecule has 6 aromatic heterocycles. The van der Waals surface area contributed by atoms with E-state index < -0.39 is 0 Å². The van der Waals surface area contributed by atoms with Gasteiger partial charge in [-0.05, 0) is 131 Å². The highest BCUT2D eigenvalue weighted by molar-refractivity contribution is 6.00. The summed E-state index contributed by atoms with van der Waals surface area (Å²) in [5, 5.41) is 8.77. The third-order valence-corrected chi connectivity index (χ3v) is 14.6. The van der Waals surface area contributed by atoms with Gasteiger partial charge in [-0.15, -0.1) is 0 Å². The van der Waals surface area contributed by atoms with Crippen molar-refractivity contribution in [1.82, 2.24) is 59.4 Å². The Bertz CT molecular complexity index is 3200. The van der Waals surface area contributed by atoms with Crippen LogP contribution >= 0.6 is 0 Å². The summed E-state index contributed by atoms with van der Waals surface area (Å²) >= 11 is 0. The van der Waals surface area contributed by atoms with Crippen LogP contribution in [0.2, 0.25) is 0 Å². The molecule has 1 saturated carbocycles. The Kier molecular flexibility index (Phi) is 12.1. The van der Waals surface area contributed by atoms with Crippen molar-refractivity contribution in [3.8, 4) is 28.5 Å². The molecule has 4 N–H and O–H groups in total. The monoisotopic (exact) mass is 948 g/mol. The second-order valence-electron chi connectivity index (χ2n) is 19.5. The zero-order chi connectivity index (χ0) is 47.8. The molecule has 71 heavy (non-hydrogen) atoms. The molecular weight excluding hydrogens is 891 g/mol. The van der Waals surface area contributed by atoms with Crippen LogP contribution in [0.4, 0.5) is 23.3 Å². The van der Waals surface area contributed by atoms with Crippen molar-refractivity contribution in [2.45, 2.75) is 31.7 Å². The Hall–Kier alpha value is -7.60. The van der Waals surface area contributed by atoms with Gasteiger partial charge in [0.25, 0.3) is 11.8 Å². The van der Waals surface area contributed by atoms with E-state index in [0.29, 0.717) is 46.4 Å². The fourth-order valence-electron chi connectivity index (χ4n) is 10.3. The molecule has 3 saturated heterocycles. The number of nitrogens with one attached hydrogen (secondary N) is 4. The average Bonchev–Trinajstić information content (AvgIpc) is 3.96. The van der Waals surface area contributed by atoms with E-state index >= 15 is 0 Å². The first-order chi connectivity index (χ1) is 34.8. The molecule has 4 fully saturated rings. The Morgan fingerprint density at radius 1 is 0.620 bits per heavy atom. The highest BCUT2D eigenvalue weighted by atomic mass is 16.2. The number of aromatic amines is 2. The van der Waals surface area contributed by atoms with Crippen molar-refractivity contribution in [3.63, 3.8) is 0 Å². The molecule has 9 heterocycles. The lowest BCUT2D eigenvalue weighted by Crippen LogP contribution is -2.54. The van der Waals surface area contributed by atoms with Crippen molar-refractivity contribution in [2.75, 3.05) is 89.7 Å². The van der Waals surface area contributed by atoms with Crippen LogP contribution in [0.25, 0.3) is 50.3 Å². The number of aromatic nitrogens is 8. The summed E-state index contributed by atoms with van der Waals surface area (Å²) in [7, 11) is 2.20. The highest BCUT2D eigenvalue weighted by Gasteiger charge is 2.31. The Morgan fingerprint density at radius 3 is 1.93 bits per heavy atom. The number of H-pyrrole nitrogens is 2. The predicted molar refractivity (Wildman–Crippen MR) is 274 cm³/mol. The summed E-state index contributed by atoms with van der Waals surface area (Å²) in [5.41, 5.74) is 8.16. The summed E-state index contributed by atoms with van der Waals surface area (Å²) in [4.78, 5) is 69.2. The van der Waals surface area contributed by atoms with Gasteiger partial charge in [0, 0.05) is 111 Å². The number of rotatable bonds is 12. The second-order valence-corrected chi connectivity index (χ2v) is 19.5. The molecule has 17 nitrogen and oxygen atoms in total. The van der Waals surface area contributed by atoms with Crippen LogP contribution in [-0.2, 0) is 0 Å². The van der Waals surface area contributed by atoms with E-state index in [1.165, 1.54) is 25.7 Å².